The monoisotopic (exact) mass is 821 g/mol. The van der Waals surface area contributed by atoms with E-state index in [9.17, 15) is 10.5 Å². The molecule has 0 fully saturated rings. The van der Waals surface area contributed by atoms with Crippen molar-refractivity contribution in [2.45, 2.75) is 27.7 Å². The highest BCUT2D eigenvalue weighted by molar-refractivity contribution is 6.11. The van der Waals surface area contributed by atoms with Crippen molar-refractivity contribution in [1.29, 1.82) is 10.5 Å². The molecule has 0 aliphatic carbocycles. The molecule has 7 nitrogen and oxygen atoms in total. The van der Waals surface area contributed by atoms with E-state index in [0.29, 0.717) is 34.2 Å². The number of fused-ring (bicyclic) bond motifs is 6. The number of hydrogen-bond donors (Lipinski definition) is 0. The van der Waals surface area contributed by atoms with Crippen LogP contribution < -0.4 is 0 Å². The molecule has 0 spiro atoms. The molecular weight excluding hydrogens is 783 g/mol. The fourth-order valence-corrected chi connectivity index (χ4v) is 9.19. The van der Waals surface area contributed by atoms with E-state index >= 15 is 0 Å². The quantitative estimate of drug-likeness (QED) is 0.166. The lowest BCUT2D eigenvalue weighted by Crippen LogP contribution is -2.06. The highest BCUT2D eigenvalue weighted by atomic mass is 15.1. The summed E-state index contributed by atoms with van der Waals surface area (Å²) in [5, 5.41) is 24.9. The van der Waals surface area contributed by atoms with E-state index in [1.807, 2.05) is 72.8 Å². The fourth-order valence-electron chi connectivity index (χ4n) is 9.19. The fraction of sp³-hybridized carbons (Fsp3) is 0.0702. The molecule has 0 bridgehead atoms. The van der Waals surface area contributed by atoms with Gasteiger partial charge in [0.15, 0.2) is 17.5 Å². The minimum atomic E-state index is 0.432. The zero-order valence-electron chi connectivity index (χ0n) is 35.7. The standard InChI is InChI=1S/C57H39N7/c1-34-13-19-49-43(25-34)44-26-35(2)14-20-50(44)63(49)53-23-17-39(33-59)30-47(53)56-60-55(40-10-6-5-7-11-40)61-57(62-56)48-31-42(41-12-8-9-38(29-41)32-58)18-24-54(48)64-51-21-15-36(3)27-45(51)46-28-37(4)16-22-52(46)64/h5-31H,1-4H3. The van der Waals surface area contributed by atoms with Crippen molar-refractivity contribution in [1.82, 2.24) is 24.1 Å². The molecule has 7 heteroatoms. The van der Waals surface area contributed by atoms with Crippen LogP contribution in [-0.2, 0) is 0 Å². The molecule has 3 aromatic heterocycles. The number of nitriles is 2. The largest absolute Gasteiger partial charge is 0.309 e. The van der Waals surface area contributed by atoms with Crippen molar-refractivity contribution in [3.8, 4) is 68.8 Å². The van der Waals surface area contributed by atoms with Crippen molar-refractivity contribution in [2.75, 3.05) is 0 Å². The minimum absolute atomic E-state index is 0.432. The first-order chi connectivity index (χ1) is 31.2. The molecule has 0 saturated carbocycles. The molecule has 11 rings (SSSR count). The first-order valence-corrected chi connectivity index (χ1v) is 21.3. The lowest BCUT2D eigenvalue weighted by atomic mass is 9.99. The summed E-state index contributed by atoms with van der Waals surface area (Å²) in [6, 6.07) is 60.8. The number of aromatic nitrogens is 5. The van der Waals surface area contributed by atoms with Gasteiger partial charge in [-0.1, -0.05) is 95.1 Å². The number of nitrogens with zero attached hydrogens (tertiary/aromatic N) is 7. The van der Waals surface area contributed by atoms with Gasteiger partial charge < -0.3 is 9.13 Å². The minimum Gasteiger partial charge on any atom is -0.309 e. The van der Waals surface area contributed by atoms with Gasteiger partial charge in [0, 0.05) is 38.2 Å². The molecule has 0 radical (unpaired) electrons. The molecule has 11 aromatic rings. The smallest absolute Gasteiger partial charge is 0.166 e. The predicted octanol–water partition coefficient (Wildman–Crippen LogP) is 13.7. The zero-order valence-corrected chi connectivity index (χ0v) is 35.7. The van der Waals surface area contributed by atoms with Crippen LogP contribution in [0.2, 0.25) is 0 Å². The summed E-state index contributed by atoms with van der Waals surface area (Å²) < 4.78 is 4.58. The Morgan fingerprint density at radius 2 is 0.781 bits per heavy atom. The lowest BCUT2D eigenvalue weighted by molar-refractivity contribution is 1.06. The summed E-state index contributed by atoms with van der Waals surface area (Å²) in [6.45, 7) is 8.49. The van der Waals surface area contributed by atoms with E-state index in [0.717, 1.165) is 77.2 Å². The third-order valence-corrected chi connectivity index (χ3v) is 12.2. The Balaban J connectivity index is 1.24. The molecule has 0 aliphatic rings. The van der Waals surface area contributed by atoms with E-state index < -0.39 is 0 Å². The van der Waals surface area contributed by atoms with Crippen LogP contribution in [0.3, 0.4) is 0 Å². The Kier molecular flexibility index (Phi) is 9.01. The average Bonchev–Trinajstić information content (AvgIpc) is 3.81. The van der Waals surface area contributed by atoms with Gasteiger partial charge in [-0.15, -0.1) is 0 Å². The van der Waals surface area contributed by atoms with Crippen molar-refractivity contribution in [2.24, 2.45) is 0 Å². The maximum atomic E-state index is 10.4. The van der Waals surface area contributed by atoms with Gasteiger partial charge in [-0.05, 0) is 130 Å². The Morgan fingerprint density at radius 1 is 0.359 bits per heavy atom. The van der Waals surface area contributed by atoms with Crippen LogP contribution in [0.15, 0.2) is 164 Å². The number of rotatable bonds is 6. The van der Waals surface area contributed by atoms with Crippen LogP contribution in [0.5, 0.6) is 0 Å². The SMILES string of the molecule is Cc1ccc2c(c1)c1cc(C)ccc1n2-c1ccc(C#N)cc1-c1nc(-c2ccccc2)nc(-c2cc(-c3cccc(C#N)c3)ccc2-n2c3ccc(C)cc3c3cc(C)ccc32)n1. The van der Waals surface area contributed by atoms with Crippen LogP contribution in [0, 0.1) is 50.4 Å². The Hall–Kier alpha value is -8.65. The second-order valence-electron chi connectivity index (χ2n) is 16.7. The van der Waals surface area contributed by atoms with E-state index in [2.05, 4.69) is 140 Å². The average molecular weight is 822 g/mol. The van der Waals surface area contributed by atoms with Crippen LogP contribution in [0.25, 0.3) is 100 Å². The van der Waals surface area contributed by atoms with Crippen molar-refractivity contribution in [3.05, 3.63) is 197 Å². The van der Waals surface area contributed by atoms with E-state index in [-0.39, 0.29) is 0 Å². The molecule has 3 heterocycles. The Bertz CT molecular complexity index is 3680. The maximum Gasteiger partial charge on any atom is 0.166 e. The normalized spacial score (nSPS) is 11.4. The van der Waals surface area contributed by atoms with Gasteiger partial charge in [0.1, 0.15) is 0 Å². The highest BCUT2D eigenvalue weighted by Crippen LogP contribution is 2.41. The van der Waals surface area contributed by atoms with Gasteiger partial charge >= 0.3 is 0 Å². The van der Waals surface area contributed by atoms with Crippen LogP contribution in [0.1, 0.15) is 33.4 Å². The van der Waals surface area contributed by atoms with Gasteiger partial charge in [-0.3, -0.25) is 0 Å². The number of aryl methyl sites for hydroxylation is 4. The van der Waals surface area contributed by atoms with Gasteiger partial charge in [0.2, 0.25) is 0 Å². The lowest BCUT2D eigenvalue weighted by Gasteiger charge is -2.18. The molecule has 0 atom stereocenters. The summed E-state index contributed by atoms with van der Waals surface area (Å²) in [5.74, 6) is 1.40. The highest BCUT2D eigenvalue weighted by Gasteiger charge is 2.23. The molecule has 8 aromatic carbocycles. The molecular formula is C57H39N7. The van der Waals surface area contributed by atoms with Gasteiger partial charge in [0.25, 0.3) is 0 Å². The topological polar surface area (TPSA) is 96.1 Å². The molecule has 302 valence electrons. The second-order valence-corrected chi connectivity index (χ2v) is 16.7. The Morgan fingerprint density at radius 3 is 1.28 bits per heavy atom. The summed E-state index contributed by atoms with van der Waals surface area (Å²) in [4.78, 5) is 16.0. The first-order valence-electron chi connectivity index (χ1n) is 21.3. The Labute approximate surface area is 370 Å². The third kappa shape index (κ3) is 6.38. The molecule has 0 saturated heterocycles. The summed E-state index contributed by atoms with van der Waals surface area (Å²) in [5.41, 5.74) is 15.8. The molecule has 64 heavy (non-hydrogen) atoms. The van der Waals surface area contributed by atoms with Crippen LogP contribution in [-0.4, -0.2) is 24.1 Å². The summed E-state index contributed by atoms with van der Waals surface area (Å²) in [6.07, 6.45) is 0. The summed E-state index contributed by atoms with van der Waals surface area (Å²) in [7, 11) is 0. The third-order valence-electron chi connectivity index (χ3n) is 12.2. The molecule has 0 N–H and O–H groups in total. The maximum absolute atomic E-state index is 10.4. The molecule has 0 aliphatic heterocycles. The summed E-state index contributed by atoms with van der Waals surface area (Å²) >= 11 is 0. The number of hydrogen-bond acceptors (Lipinski definition) is 5. The molecule has 0 unspecified atom stereocenters. The van der Waals surface area contributed by atoms with E-state index in [1.165, 1.54) is 22.3 Å². The predicted molar refractivity (Wildman–Crippen MR) is 259 cm³/mol. The van der Waals surface area contributed by atoms with E-state index in [1.54, 1.807) is 0 Å². The first kappa shape index (κ1) is 38.3. The van der Waals surface area contributed by atoms with E-state index in [4.69, 9.17) is 15.0 Å². The second kappa shape index (κ2) is 15.1. The molecule has 0 amide bonds. The van der Waals surface area contributed by atoms with Crippen molar-refractivity contribution >= 4 is 43.6 Å². The van der Waals surface area contributed by atoms with Gasteiger partial charge in [0.05, 0.1) is 56.7 Å². The van der Waals surface area contributed by atoms with Crippen molar-refractivity contribution in [3.63, 3.8) is 0 Å². The van der Waals surface area contributed by atoms with Crippen LogP contribution in [0.4, 0.5) is 0 Å². The number of benzene rings is 8. The van der Waals surface area contributed by atoms with Gasteiger partial charge in [-0.25, -0.2) is 15.0 Å². The zero-order chi connectivity index (χ0) is 43.6. The van der Waals surface area contributed by atoms with Crippen LogP contribution >= 0.6 is 0 Å². The van der Waals surface area contributed by atoms with Crippen molar-refractivity contribution < 1.29 is 0 Å². The van der Waals surface area contributed by atoms with Gasteiger partial charge in [-0.2, -0.15) is 10.5 Å².